The highest BCUT2D eigenvalue weighted by atomic mass is 16.5. The molecule has 2 N–H and O–H groups in total. The topological polar surface area (TPSA) is 57.4 Å². The molecule has 1 saturated heterocycles. The van der Waals surface area contributed by atoms with Crippen molar-refractivity contribution in [3.05, 3.63) is 23.5 Å². The van der Waals surface area contributed by atoms with Crippen molar-refractivity contribution in [3.63, 3.8) is 0 Å². The number of carbonyl (C=O) groups excluding carboxylic acids is 1. The second-order valence-electron chi connectivity index (χ2n) is 5.32. The van der Waals surface area contributed by atoms with E-state index in [1.54, 1.807) is 6.07 Å². The van der Waals surface area contributed by atoms with Crippen molar-refractivity contribution in [3.8, 4) is 0 Å². The minimum absolute atomic E-state index is 0.320. The minimum atomic E-state index is -0.320. The van der Waals surface area contributed by atoms with Gasteiger partial charge in [-0.1, -0.05) is 0 Å². The predicted molar refractivity (Wildman–Crippen MR) is 74.1 cm³/mol. The van der Waals surface area contributed by atoms with Gasteiger partial charge in [0.1, 0.15) is 5.69 Å². The molecular weight excluding hydrogens is 242 g/mol. The van der Waals surface area contributed by atoms with Crippen molar-refractivity contribution in [2.75, 3.05) is 20.7 Å². The number of aromatic amines is 1. The summed E-state index contributed by atoms with van der Waals surface area (Å²) < 4.78 is 4.67. The number of hydrogen-bond acceptors (Lipinski definition) is 4. The van der Waals surface area contributed by atoms with Gasteiger partial charge in [-0.15, -0.1) is 0 Å². The lowest BCUT2D eigenvalue weighted by atomic mass is 9.99. The Morgan fingerprint density at radius 2 is 2.37 bits per heavy atom. The van der Waals surface area contributed by atoms with E-state index in [2.05, 4.69) is 33.9 Å². The largest absolute Gasteiger partial charge is 0.464 e. The van der Waals surface area contributed by atoms with Crippen LogP contribution in [0, 0.1) is 0 Å². The molecular formula is C14H23N3O2. The molecule has 2 heterocycles. The second kappa shape index (κ2) is 6.21. The maximum Gasteiger partial charge on any atom is 0.354 e. The van der Waals surface area contributed by atoms with Crippen LogP contribution >= 0.6 is 0 Å². The van der Waals surface area contributed by atoms with E-state index in [0.717, 1.165) is 18.8 Å². The number of rotatable bonds is 4. The predicted octanol–water partition coefficient (Wildman–Crippen LogP) is 1.37. The standard InChI is InChI=1S/C14H23N3O2/c1-10-8-11(6-7-17(10)2)15-9-12-4-5-13(16-12)14(18)19-3/h4-5,10-11,15-16H,6-9H2,1-3H3. The molecule has 0 spiro atoms. The molecule has 19 heavy (non-hydrogen) atoms. The highest BCUT2D eigenvalue weighted by Crippen LogP contribution is 2.15. The Balaban J connectivity index is 1.82. The average Bonchev–Trinajstić information content (AvgIpc) is 2.88. The van der Waals surface area contributed by atoms with Crippen LogP contribution in [0.4, 0.5) is 0 Å². The third kappa shape index (κ3) is 3.58. The van der Waals surface area contributed by atoms with Crippen LogP contribution in [0.25, 0.3) is 0 Å². The van der Waals surface area contributed by atoms with E-state index >= 15 is 0 Å². The summed E-state index contributed by atoms with van der Waals surface area (Å²) in [7, 11) is 3.56. The van der Waals surface area contributed by atoms with Crippen molar-refractivity contribution in [1.82, 2.24) is 15.2 Å². The van der Waals surface area contributed by atoms with Crippen LogP contribution in [0.5, 0.6) is 0 Å². The molecule has 0 aliphatic carbocycles. The van der Waals surface area contributed by atoms with E-state index in [0.29, 0.717) is 17.8 Å². The molecule has 5 nitrogen and oxygen atoms in total. The summed E-state index contributed by atoms with van der Waals surface area (Å²) in [6.45, 7) is 4.16. The maximum absolute atomic E-state index is 11.3. The number of nitrogens with one attached hydrogen (secondary N) is 2. The van der Waals surface area contributed by atoms with Crippen LogP contribution in [0.3, 0.4) is 0 Å². The number of likely N-dealkylation sites (tertiary alicyclic amines) is 1. The van der Waals surface area contributed by atoms with Crippen molar-refractivity contribution < 1.29 is 9.53 Å². The first-order valence-electron chi connectivity index (χ1n) is 6.80. The van der Waals surface area contributed by atoms with Gasteiger partial charge in [0.25, 0.3) is 0 Å². The third-order valence-corrected chi connectivity index (χ3v) is 3.94. The molecule has 1 aromatic heterocycles. The zero-order valence-corrected chi connectivity index (χ0v) is 11.9. The summed E-state index contributed by atoms with van der Waals surface area (Å²) in [6, 6.07) is 4.87. The zero-order valence-electron chi connectivity index (χ0n) is 11.9. The van der Waals surface area contributed by atoms with Gasteiger partial charge in [0.2, 0.25) is 0 Å². The molecule has 1 aliphatic rings. The summed E-state index contributed by atoms with van der Waals surface area (Å²) in [5, 5.41) is 3.55. The number of piperidine rings is 1. The van der Waals surface area contributed by atoms with Crippen LogP contribution < -0.4 is 5.32 Å². The normalized spacial score (nSPS) is 24.4. The SMILES string of the molecule is COC(=O)c1ccc(CNC2CCN(C)C(C)C2)[nH]1. The Bertz CT molecular complexity index is 430. The van der Waals surface area contributed by atoms with E-state index in [9.17, 15) is 4.79 Å². The van der Waals surface area contributed by atoms with Crippen LogP contribution in [-0.2, 0) is 11.3 Å². The monoisotopic (exact) mass is 265 g/mol. The Kier molecular flexibility index (Phi) is 4.61. The van der Waals surface area contributed by atoms with Gasteiger partial charge in [-0.3, -0.25) is 0 Å². The van der Waals surface area contributed by atoms with E-state index in [-0.39, 0.29) is 5.97 Å². The highest BCUT2D eigenvalue weighted by Gasteiger charge is 2.22. The summed E-state index contributed by atoms with van der Waals surface area (Å²) in [5.74, 6) is -0.320. The van der Waals surface area contributed by atoms with Gasteiger partial charge in [0.15, 0.2) is 0 Å². The number of ether oxygens (including phenoxy) is 1. The Hall–Kier alpha value is -1.33. The maximum atomic E-state index is 11.3. The lowest BCUT2D eigenvalue weighted by Gasteiger charge is -2.35. The van der Waals surface area contributed by atoms with Gasteiger partial charge in [-0.05, 0) is 45.5 Å². The summed E-state index contributed by atoms with van der Waals surface area (Å²) in [4.78, 5) is 16.8. The summed E-state index contributed by atoms with van der Waals surface area (Å²) in [6.07, 6.45) is 2.34. The minimum Gasteiger partial charge on any atom is -0.464 e. The van der Waals surface area contributed by atoms with Gasteiger partial charge >= 0.3 is 5.97 Å². The highest BCUT2D eigenvalue weighted by molar-refractivity contribution is 5.87. The molecule has 0 aromatic carbocycles. The molecule has 0 bridgehead atoms. The van der Waals surface area contributed by atoms with Crippen molar-refractivity contribution in [1.29, 1.82) is 0 Å². The first kappa shape index (κ1) is 14.1. The van der Waals surface area contributed by atoms with Gasteiger partial charge in [0.05, 0.1) is 7.11 Å². The quantitative estimate of drug-likeness (QED) is 0.807. The van der Waals surface area contributed by atoms with E-state index in [1.807, 2.05) is 6.07 Å². The molecule has 0 saturated carbocycles. The molecule has 2 unspecified atom stereocenters. The Morgan fingerprint density at radius 1 is 1.58 bits per heavy atom. The average molecular weight is 265 g/mol. The number of methoxy groups -OCH3 is 1. The van der Waals surface area contributed by atoms with Crippen molar-refractivity contribution in [2.24, 2.45) is 0 Å². The smallest absolute Gasteiger partial charge is 0.354 e. The first-order valence-corrected chi connectivity index (χ1v) is 6.80. The van der Waals surface area contributed by atoms with Crippen LogP contribution in [0.2, 0.25) is 0 Å². The molecule has 1 fully saturated rings. The molecule has 1 aliphatic heterocycles. The Morgan fingerprint density at radius 3 is 3.05 bits per heavy atom. The van der Waals surface area contributed by atoms with Crippen LogP contribution in [0.15, 0.2) is 12.1 Å². The Labute approximate surface area is 114 Å². The van der Waals surface area contributed by atoms with Crippen molar-refractivity contribution >= 4 is 5.97 Å². The zero-order chi connectivity index (χ0) is 13.8. The molecule has 2 rings (SSSR count). The van der Waals surface area contributed by atoms with Gasteiger partial charge in [0, 0.05) is 24.3 Å². The first-order chi connectivity index (χ1) is 9.10. The molecule has 0 radical (unpaired) electrons. The third-order valence-electron chi connectivity index (χ3n) is 3.94. The number of hydrogen-bond donors (Lipinski definition) is 2. The van der Waals surface area contributed by atoms with Gasteiger partial charge < -0.3 is 19.9 Å². The van der Waals surface area contributed by atoms with E-state index < -0.39 is 0 Å². The molecule has 2 atom stereocenters. The number of carbonyl (C=O) groups is 1. The fourth-order valence-corrected chi connectivity index (χ4v) is 2.50. The number of esters is 1. The van der Waals surface area contributed by atoms with Gasteiger partial charge in [-0.2, -0.15) is 0 Å². The fraction of sp³-hybridized carbons (Fsp3) is 0.643. The lowest BCUT2D eigenvalue weighted by Crippen LogP contribution is -2.45. The van der Waals surface area contributed by atoms with Crippen LogP contribution in [0.1, 0.15) is 35.9 Å². The molecule has 0 amide bonds. The lowest BCUT2D eigenvalue weighted by molar-refractivity contribution is 0.0594. The van der Waals surface area contributed by atoms with Crippen LogP contribution in [-0.4, -0.2) is 48.6 Å². The van der Waals surface area contributed by atoms with E-state index in [1.165, 1.54) is 20.0 Å². The molecule has 1 aromatic rings. The number of aromatic nitrogens is 1. The van der Waals surface area contributed by atoms with Crippen molar-refractivity contribution in [2.45, 2.75) is 38.4 Å². The molecule has 5 heteroatoms. The fourth-order valence-electron chi connectivity index (χ4n) is 2.50. The summed E-state index contributed by atoms with van der Waals surface area (Å²) in [5.41, 5.74) is 1.53. The second-order valence-corrected chi connectivity index (χ2v) is 5.32. The van der Waals surface area contributed by atoms with E-state index in [4.69, 9.17) is 0 Å². The van der Waals surface area contributed by atoms with Gasteiger partial charge in [-0.25, -0.2) is 4.79 Å². The number of H-pyrrole nitrogens is 1. The summed E-state index contributed by atoms with van der Waals surface area (Å²) >= 11 is 0. The number of nitrogens with zero attached hydrogens (tertiary/aromatic N) is 1. The molecule has 106 valence electrons.